The van der Waals surface area contributed by atoms with Crippen molar-refractivity contribution in [1.82, 2.24) is 0 Å². The molecule has 5 nitrogen and oxygen atoms in total. The predicted octanol–water partition coefficient (Wildman–Crippen LogP) is 3.82. The van der Waals surface area contributed by atoms with E-state index >= 15 is 0 Å². The number of ketones is 1. The number of hydrogen-bond donors (Lipinski definition) is 0. The number of carbonyl (C=O) groups excluding carboxylic acids is 1. The monoisotopic (exact) mass is 356 g/mol. The summed E-state index contributed by atoms with van der Waals surface area (Å²) >= 11 is 0. The average molecular weight is 356 g/mol. The van der Waals surface area contributed by atoms with Crippen molar-refractivity contribution in [2.45, 2.75) is 11.8 Å². The van der Waals surface area contributed by atoms with E-state index in [0.717, 1.165) is 10.8 Å². The molecule has 6 heteroatoms. The van der Waals surface area contributed by atoms with Crippen LogP contribution in [0.3, 0.4) is 0 Å². The maximum Gasteiger partial charge on any atom is 0.339 e. The molecule has 25 heavy (non-hydrogen) atoms. The van der Waals surface area contributed by atoms with Crippen LogP contribution in [0.25, 0.3) is 10.8 Å². The molecule has 0 aliphatic heterocycles. The van der Waals surface area contributed by atoms with Gasteiger partial charge in [0.05, 0.1) is 7.11 Å². The molecule has 0 fully saturated rings. The summed E-state index contributed by atoms with van der Waals surface area (Å²) in [5.74, 6) is 0.0555. The van der Waals surface area contributed by atoms with E-state index in [1.54, 1.807) is 12.1 Å². The number of rotatable bonds is 5. The molecule has 0 saturated carbocycles. The number of hydrogen-bond acceptors (Lipinski definition) is 5. The van der Waals surface area contributed by atoms with Gasteiger partial charge >= 0.3 is 10.1 Å². The fourth-order valence-electron chi connectivity index (χ4n) is 2.44. The standard InChI is InChI=1S/C19H16O5S/c1-13(20)15-8-10-18(19(12-15)23-2)24-25(21,22)17-9-7-14-5-3-4-6-16(14)11-17/h3-12H,1-2H3. The molecule has 0 radical (unpaired) electrons. The molecule has 0 aliphatic rings. The second kappa shape index (κ2) is 6.57. The van der Waals surface area contributed by atoms with Crippen LogP contribution in [-0.2, 0) is 10.1 Å². The predicted molar refractivity (Wildman–Crippen MR) is 94.8 cm³/mol. The van der Waals surface area contributed by atoms with Gasteiger partial charge in [-0.1, -0.05) is 30.3 Å². The lowest BCUT2D eigenvalue weighted by atomic mass is 10.1. The van der Waals surface area contributed by atoms with Crippen LogP contribution in [0.1, 0.15) is 17.3 Å². The van der Waals surface area contributed by atoms with Crippen LogP contribution in [0, 0.1) is 0 Å². The van der Waals surface area contributed by atoms with Crippen molar-refractivity contribution in [1.29, 1.82) is 0 Å². The van der Waals surface area contributed by atoms with Crippen molar-refractivity contribution >= 4 is 26.7 Å². The topological polar surface area (TPSA) is 69.7 Å². The minimum atomic E-state index is -4.04. The van der Waals surface area contributed by atoms with Crippen LogP contribution < -0.4 is 8.92 Å². The SMILES string of the molecule is COc1cc(C(C)=O)ccc1OS(=O)(=O)c1ccc2ccccc2c1. The van der Waals surface area contributed by atoms with Gasteiger partial charge in [-0.15, -0.1) is 0 Å². The van der Waals surface area contributed by atoms with Gasteiger partial charge in [-0.05, 0) is 48.0 Å². The van der Waals surface area contributed by atoms with E-state index in [9.17, 15) is 13.2 Å². The summed E-state index contributed by atoms with van der Waals surface area (Å²) in [5.41, 5.74) is 0.410. The number of benzene rings is 3. The van der Waals surface area contributed by atoms with Gasteiger partial charge in [0, 0.05) is 5.56 Å². The van der Waals surface area contributed by atoms with Gasteiger partial charge in [-0.25, -0.2) is 0 Å². The van der Waals surface area contributed by atoms with Crippen LogP contribution in [-0.4, -0.2) is 21.3 Å². The van der Waals surface area contributed by atoms with Crippen LogP contribution in [0.15, 0.2) is 65.6 Å². The number of carbonyl (C=O) groups is 1. The second-order valence-corrected chi connectivity index (χ2v) is 7.01. The van der Waals surface area contributed by atoms with Crippen molar-refractivity contribution in [3.05, 3.63) is 66.2 Å². The van der Waals surface area contributed by atoms with Crippen molar-refractivity contribution < 1.29 is 22.1 Å². The van der Waals surface area contributed by atoms with Gasteiger partial charge in [-0.2, -0.15) is 8.42 Å². The summed E-state index contributed by atoms with van der Waals surface area (Å²) in [4.78, 5) is 11.5. The molecule has 0 spiro atoms. The molecule has 0 aliphatic carbocycles. The minimum absolute atomic E-state index is 0.0284. The highest BCUT2D eigenvalue weighted by atomic mass is 32.2. The van der Waals surface area contributed by atoms with E-state index in [2.05, 4.69) is 0 Å². The molecule has 0 bridgehead atoms. The van der Waals surface area contributed by atoms with Gasteiger partial charge in [-0.3, -0.25) is 4.79 Å². The molecule has 0 aromatic heterocycles. The number of ether oxygens (including phenoxy) is 1. The minimum Gasteiger partial charge on any atom is -0.493 e. The van der Waals surface area contributed by atoms with Gasteiger partial charge in [0.25, 0.3) is 0 Å². The molecular formula is C19H16O5S. The summed E-state index contributed by atoms with van der Waals surface area (Å²) in [6, 6.07) is 16.6. The van der Waals surface area contributed by atoms with E-state index in [4.69, 9.17) is 8.92 Å². The van der Waals surface area contributed by atoms with Crippen LogP contribution in [0.4, 0.5) is 0 Å². The normalized spacial score (nSPS) is 11.3. The Morgan fingerprint density at radius 1 is 0.880 bits per heavy atom. The van der Waals surface area contributed by atoms with Gasteiger partial charge in [0.1, 0.15) is 4.90 Å². The Morgan fingerprint density at radius 3 is 2.28 bits per heavy atom. The van der Waals surface area contributed by atoms with Crippen LogP contribution in [0.2, 0.25) is 0 Å². The Bertz CT molecular complexity index is 1050. The number of methoxy groups -OCH3 is 1. The first-order valence-electron chi connectivity index (χ1n) is 7.53. The third-order valence-corrected chi connectivity index (χ3v) is 5.01. The molecule has 0 saturated heterocycles. The molecule has 3 rings (SSSR count). The summed E-state index contributed by atoms with van der Waals surface area (Å²) in [6.45, 7) is 1.42. The Kier molecular flexibility index (Phi) is 4.46. The van der Waals surface area contributed by atoms with Crippen molar-refractivity contribution in [3.8, 4) is 11.5 Å². The molecule has 0 atom stereocenters. The Morgan fingerprint density at radius 2 is 1.60 bits per heavy atom. The molecular weight excluding hydrogens is 340 g/mol. The molecule has 0 amide bonds. The third-order valence-electron chi connectivity index (χ3n) is 3.78. The van der Waals surface area contributed by atoms with Gasteiger partial charge in [0.2, 0.25) is 0 Å². The average Bonchev–Trinajstić information content (AvgIpc) is 2.61. The molecule has 3 aromatic carbocycles. The lowest BCUT2D eigenvalue weighted by Gasteiger charge is -2.12. The zero-order chi connectivity index (χ0) is 18.0. The lowest BCUT2D eigenvalue weighted by Crippen LogP contribution is -2.10. The largest absolute Gasteiger partial charge is 0.493 e. The molecule has 0 heterocycles. The molecule has 0 N–H and O–H groups in total. The van der Waals surface area contributed by atoms with E-state index in [-0.39, 0.29) is 22.2 Å². The third kappa shape index (κ3) is 3.49. The molecule has 0 unspecified atom stereocenters. The first kappa shape index (κ1) is 17.0. The zero-order valence-electron chi connectivity index (χ0n) is 13.7. The Balaban J connectivity index is 1.99. The first-order chi connectivity index (χ1) is 11.9. The quantitative estimate of drug-likeness (QED) is 0.513. The smallest absolute Gasteiger partial charge is 0.339 e. The zero-order valence-corrected chi connectivity index (χ0v) is 14.5. The van der Waals surface area contributed by atoms with Crippen LogP contribution >= 0.6 is 0 Å². The lowest BCUT2D eigenvalue weighted by molar-refractivity contribution is 0.101. The Hall–Kier alpha value is -2.86. The maximum atomic E-state index is 12.6. The summed E-state index contributed by atoms with van der Waals surface area (Å²) < 4.78 is 35.6. The summed E-state index contributed by atoms with van der Waals surface area (Å²) in [6.07, 6.45) is 0. The highest BCUT2D eigenvalue weighted by molar-refractivity contribution is 7.87. The fourth-order valence-corrected chi connectivity index (χ4v) is 3.42. The first-order valence-corrected chi connectivity index (χ1v) is 8.94. The summed E-state index contributed by atoms with van der Waals surface area (Å²) in [7, 11) is -2.65. The fraction of sp³-hybridized carbons (Fsp3) is 0.105. The highest BCUT2D eigenvalue weighted by Crippen LogP contribution is 2.31. The van der Waals surface area contributed by atoms with Crippen molar-refractivity contribution in [2.75, 3.05) is 7.11 Å². The molecule has 128 valence electrons. The van der Waals surface area contributed by atoms with E-state index < -0.39 is 10.1 Å². The van der Waals surface area contributed by atoms with Crippen molar-refractivity contribution in [3.63, 3.8) is 0 Å². The van der Waals surface area contributed by atoms with E-state index in [1.165, 1.54) is 38.3 Å². The number of fused-ring (bicyclic) bond motifs is 1. The van der Waals surface area contributed by atoms with Crippen molar-refractivity contribution in [2.24, 2.45) is 0 Å². The van der Waals surface area contributed by atoms with E-state index in [0.29, 0.717) is 5.56 Å². The molecule has 3 aromatic rings. The number of Topliss-reactive ketones (excluding diaryl/α,β-unsaturated/α-hetero) is 1. The van der Waals surface area contributed by atoms with Gasteiger partial charge < -0.3 is 8.92 Å². The van der Waals surface area contributed by atoms with Gasteiger partial charge in [0.15, 0.2) is 17.3 Å². The Labute approximate surface area is 145 Å². The maximum absolute atomic E-state index is 12.6. The summed E-state index contributed by atoms with van der Waals surface area (Å²) in [5, 5.41) is 1.73. The van der Waals surface area contributed by atoms with Crippen LogP contribution in [0.5, 0.6) is 11.5 Å². The van der Waals surface area contributed by atoms with E-state index in [1.807, 2.05) is 24.3 Å². The highest BCUT2D eigenvalue weighted by Gasteiger charge is 2.20. The second-order valence-electron chi connectivity index (χ2n) is 5.47.